The van der Waals surface area contributed by atoms with Gasteiger partial charge in [0.25, 0.3) is 5.91 Å². The van der Waals surface area contributed by atoms with Crippen LogP contribution in [0.3, 0.4) is 0 Å². The van der Waals surface area contributed by atoms with Crippen molar-refractivity contribution >= 4 is 17.5 Å². The highest BCUT2D eigenvalue weighted by Crippen LogP contribution is 2.34. The Morgan fingerprint density at radius 1 is 1.17 bits per heavy atom. The van der Waals surface area contributed by atoms with Gasteiger partial charge in [-0.15, -0.1) is 0 Å². The summed E-state index contributed by atoms with van der Waals surface area (Å²) in [6.07, 6.45) is 6.48. The summed E-state index contributed by atoms with van der Waals surface area (Å²) in [5.74, 6) is 0.952. The molecule has 1 aromatic rings. The van der Waals surface area contributed by atoms with Crippen molar-refractivity contribution in [3.8, 4) is 0 Å². The predicted molar refractivity (Wildman–Crippen MR) is 92.7 cm³/mol. The molecule has 4 fully saturated rings. The molecule has 3 heterocycles. The third-order valence-electron chi connectivity index (χ3n) is 5.99. The van der Waals surface area contributed by atoms with Crippen LogP contribution in [0.25, 0.3) is 0 Å². The first-order valence-electron chi connectivity index (χ1n) is 9.08. The fourth-order valence-electron chi connectivity index (χ4n) is 4.41. The van der Waals surface area contributed by atoms with E-state index in [1.54, 1.807) is 0 Å². The Morgan fingerprint density at radius 3 is 2.71 bits per heavy atom. The zero-order valence-corrected chi connectivity index (χ0v) is 14.6. The highest BCUT2D eigenvalue weighted by atomic mass is 35.5. The van der Waals surface area contributed by atoms with Crippen molar-refractivity contribution < 1.29 is 9.18 Å². The summed E-state index contributed by atoms with van der Waals surface area (Å²) >= 11 is 6.10. The van der Waals surface area contributed by atoms with Crippen LogP contribution in [0.1, 0.15) is 42.5 Å². The van der Waals surface area contributed by atoms with Crippen LogP contribution in [0.5, 0.6) is 0 Å². The molecule has 130 valence electrons. The van der Waals surface area contributed by atoms with Crippen molar-refractivity contribution in [1.82, 2.24) is 9.80 Å². The van der Waals surface area contributed by atoms with Crippen molar-refractivity contribution in [3.05, 3.63) is 34.6 Å². The molecule has 1 aliphatic carbocycles. The molecule has 0 aromatic heterocycles. The normalized spacial score (nSPS) is 27.8. The second kappa shape index (κ2) is 6.64. The number of halogens is 2. The maximum atomic E-state index is 13.2. The van der Waals surface area contributed by atoms with E-state index in [1.807, 2.05) is 4.90 Å². The molecule has 5 rings (SSSR count). The van der Waals surface area contributed by atoms with Crippen molar-refractivity contribution in [2.75, 3.05) is 26.2 Å². The zero-order chi connectivity index (χ0) is 16.7. The van der Waals surface area contributed by atoms with Gasteiger partial charge in [-0.2, -0.15) is 0 Å². The molecule has 24 heavy (non-hydrogen) atoms. The first-order valence-corrected chi connectivity index (χ1v) is 9.46. The molecule has 1 amide bonds. The van der Waals surface area contributed by atoms with Gasteiger partial charge in [-0.05, 0) is 55.7 Å². The number of rotatable bonds is 3. The topological polar surface area (TPSA) is 23.6 Å². The highest BCUT2D eigenvalue weighted by molar-refractivity contribution is 6.33. The number of nitrogens with zero attached hydrogens (tertiary/aromatic N) is 2. The minimum absolute atomic E-state index is 0.0533. The summed E-state index contributed by atoms with van der Waals surface area (Å²) in [5, 5.41) is 0.211. The first-order chi connectivity index (χ1) is 11.6. The van der Waals surface area contributed by atoms with Gasteiger partial charge in [-0.1, -0.05) is 18.0 Å². The molecule has 1 aromatic carbocycles. The average molecular weight is 351 g/mol. The molecule has 0 spiro atoms. The smallest absolute Gasteiger partial charge is 0.255 e. The monoisotopic (exact) mass is 350 g/mol. The first kappa shape index (κ1) is 16.3. The Balaban J connectivity index is 1.49. The summed E-state index contributed by atoms with van der Waals surface area (Å²) in [5.41, 5.74) is 0.421. The maximum Gasteiger partial charge on any atom is 0.255 e. The molecule has 3 aliphatic heterocycles. The van der Waals surface area contributed by atoms with E-state index in [-0.39, 0.29) is 10.9 Å². The number of piperidine rings is 1. The Hall–Kier alpha value is -1.13. The SMILES string of the molecule is O=C(c1ccc(F)cc1Cl)N1C[C@@H]2CC[C@H](C1)N(CC1CCC1)C2. The molecule has 2 atom stereocenters. The number of hydrogen-bond donors (Lipinski definition) is 0. The van der Waals surface area contributed by atoms with E-state index in [4.69, 9.17) is 11.6 Å². The Bertz CT molecular complexity index is 634. The molecular weight excluding hydrogens is 327 g/mol. The van der Waals surface area contributed by atoms with Crippen molar-refractivity contribution in [2.24, 2.45) is 11.8 Å². The number of fused-ring (bicyclic) bond motifs is 4. The molecule has 0 N–H and O–H groups in total. The van der Waals surface area contributed by atoms with Crippen LogP contribution < -0.4 is 0 Å². The largest absolute Gasteiger partial charge is 0.337 e. The van der Waals surface area contributed by atoms with E-state index in [1.165, 1.54) is 56.8 Å². The van der Waals surface area contributed by atoms with Gasteiger partial charge in [0.2, 0.25) is 0 Å². The Morgan fingerprint density at radius 2 is 2.00 bits per heavy atom. The lowest BCUT2D eigenvalue weighted by molar-refractivity contribution is 0.0717. The van der Waals surface area contributed by atoms with Crippen LogP contribution in [-0.2, 0) is 0 Å². The number of hydrogen-bond acceptors (Lipinski definition) is 2. The fraction of sp³-hybridized carbons (Fsp3) is 0.632. The number of carbonyl (C=O) groups is 1. The van der Waals surface area contributed by atoms with Crippen LogP contribution in [0.2, 0.25) is 5.02 Å². The minimum atomic E-state index is -0.404. The second-order valence-corrected chi connectivity index (χ2v) is 8.09. The molecule has 3 saturated heterocycles. The van der Waals surface area contributed by atoms with Crippen LogP contribution >= 0.6 is 11.6 Å². The van der Waals surface area contributed by atoms with Crippen LogP contribution in [-0.4, -0.2) is 47.9 Å². The van der Waals surface area contributed by atoms with E-state index in [9.17, 15) is 9.18 Å². The van der Waals surface area contributed by atoms with Crippen molar-refractivity contribution in [2.45, 2.75) is 38.1 Å². The van der Waals surface area contributed by atoms with E-state index < -0.39 is 5.82 Å². The molecule has 0 unspecified atom stereocenters. The van der Waals surface area contributed by atoms with Gasteiger partial charge in [0.1, 0.15) is 5.82 Å². The van der Waals surface area contributed by atoms with Crippen LogP contribution in [0.4, 0.5) is 4.39 Å². The lowest BCUT2D eigenvalue weighted by Crippen LogP contribution is -2.47. The summed E-state index contributed by atoms with van der Waals surface area (Å²) < 4.78 is 13.2. The lowest BCUT2D eigenvalue weighted by Gasteiger charge is -2.40. The van der Waals surface area contributed by atoms with Gasteiger partial charge in [0.05, 0.1) is 10.6 Å². The second-order valence-electron chi connectivity index (χ2n) is 7.68. The van der Waals surface area contributed by atoms with E-state index in [0.29, 0.717) is 17.5 Å². The third-order valence-corrected chi connectivity index (χ3v) is 6.31. The lowest BCUT2D eigenvalue weighted by atomic mass is 9.83. The Kier molecular flexibility index (Phi) is 4.52. The molecular formula is C19H24ClFN2O. The average Bonchev–Trinajstić information content (AvgIpc) is 2.82. The quantitative estimate of drug-likeness (QED) is 0.827. The summed E-state index contributed by atoms with van der Waals surface area (Å²) in [7, 11) is 0. The van der Waals surface area contributed by atoms with Gasteiger partial charge in [-0.25, -0.2) is 4.39 Å². The standard InChI is InChI=1S/C19H24ClFN2O/c20-18-8-15(21)5-7-17(18)19(24)23-11-14-4-6-16(12-23)22(10-14)9-13-2-1-3-13/h5,7-8,13-14,16H,1-4,6,9-12H2/t14-,16-/m1/s1. The third kappa shape index (κ3) is 3.18. The molecule has 5 heteroatoms. The number of carbonyl (C=O) groups excluding carboxylic acids is 1. The summed E-state index contributed by atoms with van der Waals surface area (Å²) in [6.45, 7) is 3.88. The van der Waals surface area contributed by atoms with Crippen molar-refractivity contribution in [3.63, 3.8) is 0 Å². The van der Waals surface area contributed by atoms with Gasteiger partial charge in [0, 0.05) is 32.2 Å². The van der Waals surface area contributed by atoms with Gasteiger partial charge in [-0.3, -0.25) is 9.69 Å². The molecule has 2 bridgehead atoms. The van der Waals surface area contributed by atoms with E-state index in [0.717, 1.165) is 25.6 Å². The molecule has 0 radical (unpaired) electrons. The van der Waals surface area contributed by atoms with Gasteiger partial charge >= 0.3 is 0 Å². The predicted octanol–water partition coefficient (Wildman–Crippen LogP) is 3.82. The zero-order valence-electron chi connectivity index (χ0n) is 13.9. The van der Waals surface area contributed by atoms with E-state index >= 15 is 0 Å². The van der Waals surface area contributed by atoms with Crippen molar-refractivity contribution in [1.29, 1.82) is 0 Å². The highest BCUT2D eigenvalue weighted by Gasteiger charge is 2.38. The molecule has 1 saturated carbocycles. The number of amides is 1. The van der Waals surface area contributed by atoms with Gasteiger partial charge in [0.15, 0.2) is 0 Å². The Labute approximate surface area is 147 Å². The molecule has 3 nitrogen and oxygen atoms in total. The number of benzene rings is 1. The van der Waals surface area contributed by atoms with E-state index in [2.05, 4.69) is 4.90 Å². The van der Waals surface area contributed by atoms with Gasteiger partial charge < -0.3 is 4.90 Å². The fourth-order valence-corrected chi connectivity index (χ4v) is 4.66. The van der Waals surface area contributed by atoms with Crippen LogP contribution in [0, 0.1) is 17.7 Å². The summed E-state index contributed by atoms with van der Waals surface area (Å²) in [6, 6.07) is 4.52. The molecule has 4 aliphatic rings. The maximum absolute atomic E-state index is 13.2. The van der Waals surface area contributed by atoms with Crippen LogP contribution in [0.15, 0.2) is 18.2 Å². The minimum Gasteiger partial charge on any atom is -0.337 e. The summed E-state index contributed by atoms with van der Waals surface area (Å²) in [4.78, 5) is 17.5.